The maximum atomic E-state index is 8.36. The van der Waals surface area contributed by atoms with Gasteiger partial charge in [0, 0.05) is 5.92 Å². The molecule has 2 nitrogen and oxygen atoms in total. The molecule has 0 aromatic rings. The smallest absolute Gasteiger partial charge is 0.107 e. The number of unbranched alkanes of at least 4 members (excludes halogenated alkanes) is 2. The lowest BCUT2D eigenvalue weighted by Crippen LogP contribution is -1.94. The molecule has 80 valence electrons. The monoisotopic (exact) mass is 196 g/mol. The number of aliphatic hydroxyl groups is 2. The van der Waals surface area contributed by atoms with Crippen LogP contribution in [0.3, 0.4) is 0 Å². The van der Waals surface area contributed by atoms with E-state index in [1.165, 1.54) is 25.4 Å². The Morgan fingerprint density at radius 3 is 2.14 bits per heavy atom. The predicted molar refractivity (Wildman–Crippen MR) is 58.4 cm³/mol. The van der Waals surface area contributed by atoms with Crippen molar-refractivity contribution in [1.82, 2.24) is 0 Å². The minimum Gasteiger partial charge on any atom is -0.462 e. The second kappa shape index (κ2) is 14.3. The summed E-state index contributed by atoms with van der Waals surface area (Å²) in [6.45, 7) is 4.31. The van der Waals surface area contributed by atoms with Gasteiger partial charge in [-0.3, -0.25) is 0 Å². The van der Waals surface area contributed by atoms with Gasteiger partial charge >= 0.3 is 0 Å². The molecule has 0 fully saturated rings. The molecule has 1 unspecified atom stereocenters. The van der Waals surface area contributed by atoms with Crippen LogP contribution in [-0.4, -0.2) is 10.2 Å². The molecular weight excluding hydrogens is 176 g/mol. The molecule has 0 aliphatic rings. The quantitative estimate of drug-likeness (QED) is 0.524. The average molecular weight is 196 g/mol. The van der Waals surface area contributed by atoms with Gasteiger partial charge < -0.3 is 10.2 Å². The maximum absolute atomic E-state index is 8.36. The number of aliphatic hydroxyl groups excluding tert-OH is 2. The van der Waals surface area contributed by atoms with Crippen LogP contribution in [-0.2, 0) is 0 Å². The Balaban J connectivity index is 0. The Bertz CT molecular complexity index is 193. The van der Waals surface area contributed by atoms with E-state index >= 15 is 0 Å². The first-order chi connectivity index (χ1) is 6.76. The third kappa shape index (κ3) is 13.3. The second-order valence-electron chi connectivity index (χ2n) is 2.99. The normalized spacial score (nSPS) is 9.79. The Morgan fingerprint density at radius 1 is 1.21 bits per heavy atom. The predicted octanol–water partition coefficient (Wildman–Crippen LogP) is 2.88. The van der Waals surface area contributed by atoms with E-state index in [0.717, 1.165) is 12.8 Å². The molecule has 0 bridgehead atoms. The zero-order chi connectivity index (χ0) is 11.2. The van der Waals surface area contributed by atoms with Crippen molar-refractivity contribution in [2.24, 2.45) is 5.92 Å². The van der Waals surface area contributed by atoms with Crippen LogP contribution in [0.15, 0.2) is 0 Å². The molecule has 0 saturated heterocycles. The first kappa shape index (κ1) is 15.2. The highest BCUT2D eigenvalue weighted by Crippen LogP contribution is 2.11. The summed E-state index contributed by atoms with van der Waals surface area (Å²) in [5.41, 5.74) is 0. The van der Waals surface area contributed by atoms with Gasteiger partial charge in [-0.15, -0.1) is 0 Å². The lowest BCUT2D eigenvalue weighted by Gasteiger charge is -2.04. The van der Waals surface area contributed by atoms with Crippen LogP contribution in [0.25, 0.3) is 0 Å². The van der Waals surface area contributed by atoms with Crippen molar-refractivity contribution in [2.75, 3.05) is 0 Å². The highest BCUT2D eigenvalue weighted by atomic mass is 16.2. The fourth-order valence-electron chi connectivity index (χ4n) is 1.11. The van der Waals surface area contributed by atoms with Crippen LogP contribution in [0.5, 0.6) is 0 Å². The highest BCUT2D eigenvalue weighted by Gasteiger charge is 2.00. The van der Waals surface area contributed by atoms with E-state index in [4.69, 9.17) is 10.2 Å². The SMILES string of the molecule is C#CO.CCCCCC(C#CO)CC. The first-order valence-corrected chi connectivity index (χ1v) is 5.01. The summed E-state index contributed by atoms with van der Waals surface area (Å²) >= 11 is 0. The minimum atomic E-state index is 0.409. The van der Waals surface area contributed by atoms with Crippen LogP contribution in [0.1, 0.15) is 46.0 Å². The van der Waals surface area contributed by atoms with Crippen molar-refractivity contribution in [2.45, 2.75) is 46.0 Å². The van der Waals surface area contributed by atoms with Gasteiger partial charge in [-0.05, 0) is 12.8 Å². The molecule has 0 amide bonds. The zero-order valence-corrected chi connectivity index (χ0v) is 9.08. The van der Waals surface area contributed by atoms with Crippen molar-refractivity contribution in [3.8, 4) is 24.6 Å². The Hall–Kier alpha value is -1.28. The minimum absolute atomic E-state index is 0.409. The molecule has 0 spiro atoms. The first-order valence-electron chi connectivity index (χ1n) is 5.01. The van der Waals surface area contributed by atoms with E-state index in [-0.39, 0.29) is 0 Å². The summed E-state index contributed by atoms with van der Waals surface area (Å²) < 4.78 is 0. The van der Waals surface area contributed by atoms with E-state index in [1.54, 1.807) is 0 Å². The van der Waals surface area contributed by atoms with Crippen molar-refractivity contribution in [1.29, 1.82) is 0 Å². The summed E-state index contributed by atoms with van der Waals surface area (Å²) in [7, 11) is 0. The summed E-state index contributed by atoms with van der Waals surface area (Å²) in [4.78, 5) is 0. The molecule has 0 aromatic heterocycles. The van der Waals surface area contributed by atoms with Gasteiger partial charge in [0.05, 0.1) is 0 Å². The highest BCUT2D eigenvalue weighted by molar-refractivity contribution is 4.96. The van der Waals surface area contributed by atoms with E-state index in [9.17, 15) is 0 Å². The van der Waals surface area contributed by atoms with Crippen LogP contribution in [0.4, 0.5) is 0 Å². The number of hydrogen-bond donors (Lipinski definition) is 2. The van der Waals surface area contributed by atoms with Gasteiger partial charge in [0.15, 0.2) is 0 Å². The lowest BCUT2D eigenvalue weighted by atomic mass is 10.00. The fourth-order valence-corrected chi connectivity index (χ4v) is 1.11. The number of hydrogen-bond acceptors (Lipinski definition) is 2. The molecule has 0 aromatic carbocycles. The van der Waals surface area contributed by atoms with Gasteiger partial charge in [-0.2, -0.15) is 0 Å². The standard InChI is InChI=1S/C10H18O.C2H2O/c1-3-5-6-7-10(4-2)8-9-11;1-2-3/h10-11H,3-7H2,1-2H3;1,3H. The Kier molecular flexibility index (Phi) is 15.5. The van der Waals surface area contributed by atoms with Crippen molar-refractivity contribution < 1.29 is 10.2 Å². The van der Waals surface area contributed by atoms with Crippen LogP contribution in [0.2, 0.25) is 0 Å². The molecule has 0 saturated carbocycles. The lowest BCUT2D eigenvalue weighted by molar-refractivity contribution is 0.500. The molecular formula is C12H20O2. The zero-order valence-electron chi connectivity index (χ0n) is 9.08. The molecule has 14 heavy (non-hydrogen) atoms. The van der Waals surface area contributed by atoms with Crippen LogP contribution in [0, 0.1) is 30.5 Å². The van der Waals surface area contributed by atoms with E-state index < -0.39 is 0 Å². The van der Waals surface area contributed by atoms with Crippen molar-refractivity contribution in [3.63, 3.8) is 0 Å². The van der Waals surface area contributed by atoms with Gasteiger partial charge in [-0.1, -0.05) is 45.5 Å². The van der Waals surface area contributed by atoms with Crippen LogP contribution >= 0.6 is 0 Å². The van der Waals surface area contributed by atoms with Gasteiger partial charge in [0.25, 0.3) is 0 Å². The number of rotatable bonds is 5. The Labute approximate surface area is 87.3 Å². The molecule has 0 aliphatic heterocycles. The van der Waals surface area contributed by atoms with Crippen molar-refractivity contribution >= 4 is 0 Å². The van der Waals surface area contributed by atoms with Crippen molar-refractivity contribution in [3.05, 3.63) is 0 Å². The number of terminal acetylenes is 1. The Morgan fingerprint density at radius 2 is 1.79 bits per heavy atom. The second-order valence-corrected chi connectivity index (χ2v) is 2.99. The average Bonchev–Trinajstić information content (AvgIpc) is 2.18. The van der Waals surface area contributed by atoms with Gasteiger partial charge in [0.2, 0.25) is 0 Å². The summed E-state index contributed by atoms with van der Waals surface area (Å²) in [6, 6.07) is 0. The largest absolute Gasteiger partial charge is 0.462 e. The topological polar surface area (TPSA) is 40.5 Å². The van der Waals surface area contributed by atoms with Gasteiger partial charge in [0.1, 0.15) is 12.2 Å². The molecule has 0 radical (unpaired) electrons. The van der Waals surface area contributed by atoms with E-state index in [0.29, 0.717) is 5.92 Å². The van der Waals surface area contributed by atoms with Crippen LogP contribution < -0.4 is 0 Å². The molecule has 0 heterocycles. The fraction of sp³-hybridized carbons (Fsp3) is 0.667. The van der Waals surface area contributed by atoms with Gasteiger partial charge in [-0.25, -0.2) is 0 Å². The molecule has 0 rings (SSSR count). The third-order valence-electron chi connectivity index (χ3n) is 1.92. The van der Waals surface area contributed by atoms with E-state index in [1.807, 2.05) is 6.11 Å². The maximum Gasteiger partial charge on any atom is 0.107 e. The molecule has 0 aliphatic carbocycles. The summed E-state index contributed by atoms with van der Waals surface area (Å²) in [5, 5.41) is 15.5. The summed E-state index contributed by atoms with van der Waals surface area (Å²) in [6.07, 6.45) is 13.4. The molecule has 1 atom stereocenters. The molecule has 2 N–H and O–H groups in total. The molecule has 2 heteroatoms. The summed E-state index contributed by atoms with van der Waals surface area (Å²) in [5.74, 6) is 3.21. The third-order valence-corrected chi connectivity index (χ3v) is 1.92. The van der Waals surface area contributed by atoms with E-state index in [2.05, 4.69) is 26.2 Å².